The first kappa shape index (κ1) is 16.9. The molecule has 1 atom stereocenters. The predicted octanol–water partition coefficient (Wildman–Crippen LogP) is 2.25. The van der Waals surface area contributed by atoms with Gasteiger partial charge in [0.1, 0.15) is 0 Å². The van der Waals surface area contributed by atoms with Gasteiger partial charge in [0, 0.05) is 43.8 Å². The largest absolute Gasteiger partial charge is 0.336 e. The number of rotatable bonds is 5. The van der Waals surface area contributed by atoms with Gasteiger partial charge < -0.3 is 15.5 Å². The van der Waals surface area contributed by atoms with Crippen molar-refractivity contribution in [1.82, 2.24) is 20.1 Å². The first-order chi connectivity index (χ1) is 11.7. The van der Waals surface area contributed by atoms with Crippen LogP contribution >= 0.6 is 11.3 Å². The molecule has 0 aromatic carbocycles. The second-order valence-corrected chi connectivity index (χ2v) is 6.93. The highest BCUT2D eigenvalue weighted by atomic mass is 32.1. The zero-order valence-electron chi connectivity index (χ0n) is 13.8. The molecule has 2 aromatic heterocycles. The summed E-state index contributed by atoms with van der Waals surface area (Å²) in [6.45, 7) is 4.75. The van der Waals surface area contributed by atoms with E-state index in [1.165, 1.54) is 4.88 Å². The molecule has 0 saturated carbocycles. The molecule has 2 amide bonds. The fourth-order valence-corrected chi connectivity index (χ4v) is 3.69. The minimum atomic E-state index is -0.196. The van der Waals surface area contributed by atoms with Crippen molar-refractivity contribution in [2.75, 3.05) is 45.1 Å². The van der Waals surface area contributed by atoms with Crippen LogP contribution in [0.2, 0.25) is 0 Å². The van der Waals surface area contributed by atoms with E-state index in [1.54, 1.807) is 29.8 Å². The third kappa shape index (κ3) is 4.53. The quantitative estimate of drug-likeness (QED) is 0.873. The topological polar surface area (TPSA) is 60.5 Å². The number of nitrogens with zero attached hydrogens (tertiary/aromatic N) is 3. The lowest BCUT2D eigenvalue weighted by atomic mass is 10.1. The fraction of sp³-hybridized carbons (Fsp3) is 0.412. The molecule has 1 saturated heterocycles. The molecule has 2 N–H and O–H groups in total. The highest BCUT2D eigenvalue weighted by Crippen LogP contribution is 2.25. The number of hydrogen-bond acceptors (Lipinski definition) is 5. The second-order valence-electron chi connectivity index (χ2n) is 5.95. The number of hydrogen-bond donors (Lipinski definition) is 2. The van der Waals surface area contributed by atoms with Gasteiger partial charge in [-0.3, -0.25) is 9.88 Å². The van der Waals surface area contributed by atoms with Gasteiger partial charge >= 0.3 is 6.03 Å². The average Bonchev–Trinajstić information content (AvgIpc) is 3.12. The van der Waals surface area contributed by atoms with Crippen LogP contribution in [0, 0.1) is 0 Å². The predicted molar refractivity (Wildman–Crippen MR) is 97.4 cm³/mol. The molecule has 6 nitrogen and oxygen atoms in total. The number of nitrogens with one attached hydrogen (secondary N) is 2. The molecule has 0 spiro atoms. The Morgan fingerprint density at radius 2 is 2.12 bits per heavy atom. The number of carbonyl (C=O) groups excluding carboxylic acids is 1. The summed E-state index contributed by atoms with van der Waals surface area (Å²) < 4.78 is 0. The van der Waals surface area contributed by atoms with Crippen molar-refractivity contribution in [3.8, 4) is 0 Å². The molecule has 0 aliphatic carbocycles. The van der Waals surface area contributed by atoms with Crippen LogP contribution in [0.5, 0.6) is 0 Å². The van der Waals surface area contributed by atoms with Crippen molar-refractivity contribution in [3.05, 3.63) is 46.9 Å². The lowest BCUT2D eigenvalue weighted by molar-refractivity contribution is 0.113. The molecule has 1 fully saturated rings. The maximum atomic E-state index is 12.1. The zero-order chi connectivity index (χ0) is 16.8. The third-order valence-corrected chi connectivity index (χ3v) is 5.20. The van der Waals surface area contributed by atoms with Crippen molar-refractivity contribution in [2.24, 2.45) is 0 Å². The lowest BCUT2D eigenvalue weighted by Crippen LogP contribution is -2.48. The van der Waals surface area contributed by atoms with Crippen LogP contribution in [0.1, 0.15) is 10.9 Å². The van der Waals surface area contributed by atoms with E-state index < -0.39 is 0 Å². The maximum Gasteiger partial charge on any atom is 0.319 e. The first-order valence-corrected chi connectivity index (χ1v) is 9.01. The molecule has 3 rings (SSSR count). The Balaban J connectivity index is 1.59. The molecule has 3 heterocycles. The number of piperazine rings is 1. The molecule has 0 bridgehead atoms. The summed E-state index contributed by atoms with van der Waals surface area (Å²) in [7, 11) is 2.15. The molecule has 2 aromatic rings. The van der Waals surface area contributed by atoms with E-state index in [-0.39, 0.29) is 12.1 Å². The van der Waals surface area contributed by atoms with Gasteiger partial charge in [-0.05, 0) is 30.6 Å². The van der Waals surface area contributed by atoms with Crippen LogP contribution < -0.4 is 10.6 Å². The van der Waals surface area contributed by atoms with Gasteiger partial charge in [-0.2, -0.15) is 0 Å². The monoisotopic (exact) mass is 345 g/mol. The average molecular weight is 345 g/mol. The van der Waals surface area contributed by atoms with Crippen molar-refractivity contribution in [3.63, 3.8) is 0 Å². The van der Waals surface area contributed by atoms with Gasteiger partial charge in [0.2, 0.25) is 0 Å². The first-order valence-electron chi connectivity index (χ1n) is 8.13. The summed E-state index contributed by atoms with van der Waals surface area (Å²) in [6.07, 6.45) is 3.32. The van der Waals surface area contributed by atoms with Gasteiger partial charge in [-0.25, -0.2) is 4.79 Å². The Kier molecular flexibility index (Phi) is 5.79. The van der Waals surface area contributed by atoms with Gasteiger partial charge in [-0.1, -0.05) is 6.07 Å². The Morgan fingerprint density at radius 1 is 1.29 bits per heavy atom. The van der Waals surface area contributed by atoms with Crippen molar-refractivity contribution in [1.29, 1.82) is 0 Å². The summed E-state index contributed by atoms with van der Waals surface area (Å²) in [6, 6.07) is 7.86. The van der Waals surface area contributed by atoms with Crippen LogP contribution in [0.3, 0.4) is 0 Å². The van der Waals surface area contributed by atoms with Crippen molar-refractivity contribution in [2.45, 2.75) is 6.04 Å². The number of carbonyl (C=O) groups is 1. The number of likely N-dealkylation sites (N-methyl/N-ethyl adjacent to an activating group) is 1. The van der Waals surface area contributed by atoms with E-state index in [2.05, 4.69) is 50.0 Å². The normalized spacial score (nSPS) is 17.4. The van der Waals surface area contributed by atoms with Gasteiger partial charge in [0.15, 0.2) is 0 Å². The molecule has 1 aliphatic heterocycles. The van der Waals surface area contributed by atoms with Gasteiger partial charge in [0.05, 0.1) is 17.9 Å². The summed E-state index contributed by atoms with van der Waals surface area (Å²) >= 11 is 1.74. The van der Waals surface area contributed by atoms with Crippen LogP contribution in [0.4, 0.5) is 10.5 Å². The smallest absolute Gasteiger partial charge is 0.319 e. The van der Waals surface area contributed by atoms with E-state index in [0.29, 0.717) is 12.2 Å². The highest BCUT2D eigenvalue weighted by Gasteiger charge is 2.25. The standard InChI is InChI=1S/C17H23N5OS/c1-21-7-9-22(10-8-21)15(16-5-3-11-24-16)13-19-17(23)20-14-4-2-6-18-12-14/h2-6,11-12,15H,7-10,13H2,1H3,(H2,19,20,23). The van der Waals surface area contributed by atoms with Crippen LogP contribution in [-0.2, 0) is 0 Å². The summed E-state index contributed by atoms with van der Waals surface area (Å²) in [4.78, 5) is 22.2. The van der Waals surface area contributed by atoms with Crippen LogP contribution in [-0.4, -0.2) is 60.6 Å². The van der Waals surface area contributed by atoms with E-state index in [4.69, 9.17) is 0 Å². The molecule has 1 unspecified atom stereocenters. The minimum absolute atomic E-state index is 0.196. The molecule has 0 radical (unpaired) electrons. The number of pyridine rings is 1. The van der Waals surface area contributed by atoms with E-state index in [9.17, 15) is 4.79 Å². The van der Waals surface area contributed by atoms with Crippen LogP contribution in [0.25, 0.3) is 0 Å². The number of aromatic nitrogens is 1. The number of thiophene rings is 1. The van der Waals surface area contributed by atoms with Gasteiger partial charge in [0.25, 0.3) is 0 Å². The number of anilines is 1. The fourth-order valence-electron chi connectivity index (χ4n) is 2.83. The second kappa shape index (κ2) is 8.23. The summed E-state index contributed by atoms with van der Waals surface area (Å²) in [5.74, 6) is 0. The summed E-state index contributed by atoms with van der Waals surface area (Å²) in [5.41, 5.74) is 0.697. The Labute approximate surface area is 146 Å². The molecular formula is C17H23N5OS. The Morgan fingerprint density at radius 3 is 2.79 bits per heavy atom. The van der Waals surface area contributed by atoms with E-state index >= 15 is 0 Å². The molecule has 24 heavy (non-hydrogen) atoms. The highest BCUT2D eigenvalue weighted by molar-refractivity contribution is 7.10. The van der Waals surface area contributed by atoms with Crippen LogP contribution in [0.15, 0.2) is 42.0 Å². The number of urea groups is 1. The third-order valence-electron chi connectivity index (χ3n) is 4.23. The van der Waals surface area contributed by atoms with Crippen molar-refractivity contribution < 1.29 is 4.79 Å². The maximum absolute atomic E-state index is 12.1. The lowest BCUT2D eigenvalue weighted by Gasteiger charge is -2.37. The molecular weight excluding hydrogens is 322 g/mol. The van der Waals surface area contributed by atoms with E-state index in [1.807, 2.05) is 6.07 Å². The van der Waals surface area contributed by atoms with E-state index in [0.717, 1.165) is 26.2 Å². The van der Waals surface area contributed by atoms with Gasteiger partial charge in [-0.15, -0.1) is 11.3 Å². The molecule has 128 valence electrons. The molecule has 1 aliphatic rings. The Bertz CT molecular complexity index is 626. The number of amides is 2. The summed E-state index contributed by atoms with van der Waals surface area (Å²) in [5, 5.41) is 7.91. The zero-order valence-corrected chi connectivity index (χ0v) is 14.6. The molecule has 7 heteroatoms. The Hall–Kier alpha value is -1.96. The van der Waals surface area contributed by atoms with Crippen molar-refractivity contribution >= 4 is 23.1 Å². The minimum Gasteiger partial charge on any atom is -0.336 e. The SMILES string of the molecule is CN1CCN(C(CNC(=O)Nc2cccnc2)c2cccs2)CC1.